The van der Waals surface area contributed by atoms with E-state index in [1.807, 2.05) is 0 Å². The molecule has 1 aliphatic rings. The zero-order chi connectivity index (χ0) is 12.2. The van der Waals surface area contributed by atoms with Crippen molar-refractivity contribution in [2.45, 2.75) is 52.9 Å². The van der Waals surface area contributed by atoms with Crippen molar-refractivity contribution in [1.29, 1.82) is 0 Å². The molecule has 2 aromatic rings. The molecule has 0 N–H and O–H groups in total. The van der Waals surface area contributed by atoms with Gasteiger partial charge in [0, 0.05) is 0 Å². The predicted octanol–water partition coefficient (Wildman–Crippen LogP) is 6.67. The van der Waals surface area contributed by atoms with Crippen molar-refractivity contribution in [2.24, 2.45) is 0 Å². The Morgan fingerprint density at radius 2 is 1.15 bits per heavy atom. The second-order valence-electron chi connectivity index (χ2n) is 5.32. The normalized spacial score (nSPS) is 15.0. The Hall–Kier alpha value is -1.56. The van der Waals surface area contributed by atoms with Crippen LogP contribution in [0, 0.1) is 0 Å². The Morgan fingerprint density at radius 3 is 1.75 bits per heavy atom. The molecule has 0 heteroatoms. The molecule has 0 spiro atoms. The summed E-state index contributed by atoms with van der Waals surface area (Å²) in [6, 6.07) is 19.8. The molecule has 108 valence electrons. The quantitative estimate of drug-likeness (QED) is 0.570. The lowest BCUT2D eigenvalue weighted by Crippen LogP contribution is -2.04. The third-order valence-electron chi connectivity index (χ3n) is 4.09. The maximum atomic E-state index is 2.33. The van der Waals surface area contributed by atoms with Gasteiger partial charge >= 0.3 is 0 Å². The monoisotopic (exact) mass is 268 g/mol. The van der Waals surface area contributed by atoms with Gasteiger partial charge in [-0.25, -0.2) is 0 Å². The van der Waals surface area contributed by atoms with E-state index in [-0.39, 0.29) is 14.9 Å². The van der Waals surface area contributed by atoms with Crippen LogP contribution in [0.2, 0.25) is 0 Å². The van der Waals surface area contributed by atoms with E-state index in [4.69, 9.17) is 0 Å². The summed E-state index contributed by atoms with van der Waals surface area (Å²) < 4.78 is 0. The summed E-state index contributed by atoms with van der Waals surface area (Å²) in [6.45, 7) is 0. The lowest BCUT2D eigenvalue weighted by Gasteiger charge is -2.22. The number of rotatable bonds is 2. The Kier molecular flexibility index (Phi) is 6.51. The van der Waals surface area contributed by atoms with Crippen LogP contribution >= 0.6 is 0 Å². The number of hydrogen-bond donors (Lipinski definition) is 0. The van der Waals surface area contributed by atoms with E-state index in [0.29, 0.717) is 0 Å². The van der Waals surface area contributed by atoms with Crippen LogP contribution in [0.3, 0.4) is 0 Å². The van der Waals surface area contributed by atoms with Crippen molar-refractivity contribution in [3.63, 3.8) is 0 Å². The Labute approximate surface area is 124 Å². The van der Waals surface area contributed by atoms with E-state index >= 15 is 0 Å². The minimum atomic E-state index is 0. The zero-order valence-electron chi connectivity index (χ0n) is 10.8. The first-order chi connectivity index (χ1) is 8.93. The van der Waals surface area contributed by atoms with E-state index in [9.17, 15) is 0 Å². The van der Waals surface area contributed by atoms with Crippen LogP contribution in [0.15, 0.2) is 54.6 Å². The third kappa shape index (κ3) is 3.72. The van der Waals surface area contributed by atoms with Gasteiger partial charge in [-0.3, -0.25) is 0 Å². The number of benzene rings is 2. The second kappa shape index (κ2) is 7.89. The van der Waals surface area contributed by atoms with E-state index in [1.165, 1.54) is 48.8 Å². The van der Waals surface area contributed by atoms with Crippen molar-refractivity contribution in [3.05, 3.63) is 60.2 Å². The van der Waals surface area contributed by atoms with Crippen molar-refractivity contribution >= 4 is 0 Å². The van der Waals surface area contributed by atoms with Gasteiger partial charge in [-0.1, -0.05) is 88.7 Å². The SMILES string of the molecule is C.C.c1ccc(-c2ccc(C3CCCCC3)cc2)cc1. The van der Waals surface area contributed by atoms with E-state index < -0.39 is 0 Å². The molecule has 0 unspecified atom stereocenters. The zero-order valence-corrected chi connectivity index (χ0v) is 10.8. The Morgan fingerprint density at radius 1 is 0.600 bits per heavy atom. The van der Waals surface area contributed by atoms with E-state index in [0.717, 1.165) is 5.92 Å². The smallest absolute Gasteiger partial charge is 0.0162 e. The molecular formula is C20H28. The lowest BCUT2D eigenvalue weighted by atomic mass is 9.84. The summed E-state index contributed by atoms with van der Waals surface area (Å²) in [4.78, 5) is 0. The molecule has 0 nitrogen and oxygen atoms in total. The van der Waals surface area contributed by atoms with Gasteiger partial charge in [0.15, 0.2) is 0 Å². The molecule has 1 fully saturated rings. The van der Waals surface area contributed by atoms with Gasteiger partial charge in [-0.15, -0.1) is 0 Å². The summed E-state index contributed by atoms with van der Waals surface area (Å²) >= 11 is 0. The second-order valence-corrected chi connectivity index (χ2v) is 5.32. The molecule has 0 radical (unpaired) electrons. The van der Waals surface area contributed by atoms with Gasteiger partial charge in [-0.2, -0.15) is 0 Å². The van der Waals surface area contributed by atoms with Gasteiger partial charge in [0.2, 0.25) is 0 Å². The molecule has 0 saturated heterocycles. The van der Waals surface area contributed by atoms with Gasteiger partial charge in [0.1, 0.15) is 0 Å². The first kappa shape index (κ1) is 16.5. The van der Waals surface area contributed by atoms with Gasteiger partial charge in [-0.05, 0) is 35.4 Å². The van der Waals surface area contributed by atoms with Gasteiger partial charge < -0.3 is 0 Å². The summed E-state index contributed by atoms with van der Waals surface area (Å²) in [5.41, 5.74) is 4.18. The summed E-state index contributed by atoms with van der Waals surface area (Å²) in [7, 11) is 0. The fourth-order valence-electron chi connectivity index (χ4n) is 3.01. The molecule has 1 saturated carbocycles. The van der Waals surface area contributed by atoms with Crippen LogP contribution in [0.1, 0.15) is 58.4 Å². The van der Waals surface area contributed by atoms with Gasteiger partial charge in [0.05, 0.1) is 0 Å². The Balaban J connectivity index is 0.000001000. The molecular weight excluding hydrogens is 240 g/mol. The first-order valence-electron chi connectivity index (χ1n) is 7.09. The minimum Gasteiger partial charge on any atom is -0.0776 e. The largest absolute Gasteiger partial charge is 0.0776 e. The van der Waals surface area contributed by atoms with Crippen molar-refractivity contribution in [2.75, 3.05) is 0 Å². The Bertz CT molecular complexity index is 475. The molecule has 0 aromatic heterocycles. The number of hydrogen-bond acceptors (Lipinski definition) is 0. The predicted molar refractivity (Wildman–Crippen MR) is 91.2 cm³/mol. The molecule has 20 heavy (non-hydrogen) atoms. The van der Waals surface area contributed by atoms with Crippen LogP contribution < -0.4 is 0 Å². The fraction of sp³-hybridized carbons (Fsp3) is 0.400. The molecule has 3 rings (SSSR count). The molecule has 0 aliphatic heterocycles. The molecule has 0 amide bonds. The average molecular weight is 268 g/mol. The van der Waals surface area contributed by atoms with Crippen molar-refractivity contribution < 1.29 is 0 Å². The van der Waals surface area contributed by atoms with E-state index in [1.54, 1.807) is 0 Å². The van der Waals surface area contributed by atoms with Crippen LogP contribution in [-0.2, 0) is 0 Å². The average Bonchev–Trinajstić information content (AvgIpc) is 2.49. The third-order valence-corrected chi connectivity index (χ3v) is 4.09. The highest BCUT2D eigenvalue weighted by Crippen LogP contribution is 2.33. The summed E-state index contributed by atoms with van der Waals surface area (Å²) in [5.74, 6) is 0.809. The van der Waals surface area contributed by atoms with Crippen molar-refractivity contribution in [1.82, 2.24) is 0 Å². The molecule has 0 bridgehead atoms. The highest BCUT2D eigenvalue weighted by atomic mass is 14.2. The summed E-state index contributed by atoms with van der Waals surface area (Å²) in [5, 5.41) is 0. The highest BCUT2D eigenvalue weighted by Gasteiger charge is 2.14. The van der Waals surface area contributed by atoms with Crippen LogP contribution in [-0.4, -0.2) is 0 Å². The minimum absolute atomic E-state index is 0. The topological polar surface area (TPSA) is 0 Å². The standard InChI is InChI=1S/C18H20.2CH4/c1-3-7-15(8-4-1)17-11-13-18(14-12-17)16-9-5-2-6-10-16;;/h1,3-4,7-8,11-14,16H,2,5-6,9-10H2;2*1H4. The fourth-order valence-corrected chi connectivity index (χ4v) is 3.01. The van der Waals surface area contributed by atoms with Crippen LogP contribution in [0.25, 0.3) is 11.1 Å². The van der Waals surface area contributed by atoms with E-state index in [2.05, 4.69) is 54.6 Å². The highest BCUT2D eigenvalue weighted by molar-refractivity contribution is 5.63. The molecule has 1 aliphatic carbocycles. The maximum absolute atomic E-state index is 2.33. The summed E-state index contributed by atoms with van der Waals surface area (Å²) in [6.07, 6.45) is 7.00. The van der Waals surface area contributed by atoms with Crippen LogP contribution in [0.5, 0.6) is 0 Å². The molecule has 0 heterocycles. The molecule has 2 aromatic carbocycles. The van der Waals surface area contributed by atoms with Crippen molar-refractivity contribution in [3.8, 4) is 11.1 Å². The lowest BCUT2D eigenvalue weighted by molar-refractivity contribution is 0.443. The molecule has 0 atom stereocenters. The first-order valence-corrected chi connectivity index (χ1v) is 7.09. The van der Waals surface area contributed by atoms with Crippen LogP contribution in [0.4, 0.5) is 0 Å². The maximum Gasteiger partial charge on any atom is -0.0162 e. The van der Waals surface area contributed by atoms with Gasteiger partial charge in [0.25, 0.3) is 0 Å².